The van der Waals surface area contributed by atoms with Crippen LogP contribution in [0.3, 0.4) is 0 Å². The van der Waals surface area contributed by atoms with Gasteiger partial charge in [-0.3, -0.25) is 4.79 Å². The fourth-order valence-corrected chi connectivity index (χ4v) is 2.30. The number of benzene rings is 1. The summed E-state index contributed by atoms with van der Waals surface area (Å²) in [6.07, 6.45) is 0. The van der Waals surface area contributed by atoms with Crippen LogP contribution in [-0.2, 0) is 4.79 Å². The second-order valence-electron chi connectivity index (χ2n) is 4.42. The van der Waals surface area contributed by atoms with Gasteiger partial charge in [-0.15, -0.1) is 0 Å². The molecule has 0 aromatic heterocycles. The van der Waals surface area contributed by atoms with E-state index in [1.807, 2.05) is 18.7 Å². The monoisotopic (exact) mass is 218 g/mol. The van der Waals surface area contributed by atoms with Crippen molar-refractivity contribution in [2.45, 2.75) is 33.7 Å². The van der Waals surface area contributed by atoms with Crippen molar-refractivity contribution in [2.75, 3.05) is 16.8 Å². The van der Waals surface area contributed by atoms with Gasteiger partial charge in [-0.25, -0.2) is 0 Å². The van der Waals surface area contributed by atoms with Gasteiger partial charge in [0, 0.05) is 6.54 Å². The van der Waals surface area contributed by atoms with E-state index in [0.29, 0.717) is 0 Å². The minimum Gasteiger partial charge on any atom is -0.372 e. The number of nitrogens with one attached hydrogen (secondary N) is 1. The van der Waals surface area contributed by atoms with Crippen molar-refractivity contribution < 1.29 is 4.79 Å². The van der Waals surface area contributed by atoms with Gasteiger partial charge in [0.1, 0.15) is 6.04 Å². The molecule has 0 radical (unpaired) electrons. The third kappa shape index (κ3) is 1.56. The predicted octanol–water partition coefficient (Wildman–Crippen LogP) is 2.47. The lowest BCUT2D eigenvalue weighted by atomic mass is 10.0. The molecule has 1 aromatic carbocycles. The van der Waals surface area contributed by atoms with Crippen LogP contribution in [0.25, 0.3) is 0 Å². The second kappa shape index (κ2) is 3.81. The molecular formula is C13H18N2O. The predicted molar refractivity (Wildman–Crippen MR) is 67.0 cm³/mol. The number of hydrogen-bond donors (Lipinski definition) is 1. The highest BCUT2D eigenvalue weighted by Crippen LogP contribution is 2.35. The van der Waals surface area contributed by atoms with Crippen molar-refractivity contribution in [1.29, 1.82) is 0 Å². The first-order valence-corrected chi connectivity index (χ1v) is 5.73. The van der Waals surface area contributed by atoms with Crippen LogP contribution in [-0.4, -0.2) is 18.5 Å². The number of rotatable bonds is 1. The van der Waals surface area contributed by atoms with Crippen molar-refractivity contribution in [3.8, 4) is 0 Å². The molecule has 0 fully saturated rings. The molecule has 1 aromatic rings. The highest BCUT2D eigenvalue weighted by atomic mass is 16.2. The zero-order valence-corrected chi connectivity index (χ0v) is 10.3. The Hall–Kier alpha value is -1.51. The minimum atomic E-state index is -0.131. The first-order valence-electron chi connectivity index (χ1n) is 5.73. The molecule has 0 saturated carbocycles. The quantitative estimate of drug-likeness (QED) is 0.785. The van der Waals surface area contributed by atoms with Crippen LogP contribution in [0.5, 0.6) is 0 Å². The number of fused-ring (bicyclic) bond motifs is 1. The van der Waals surface area contributed by atoms with Gasteiger partial charge in [0.25, 0.3) is 0 Å². The Morgan fingerprint density at radius 3 is 2.69 bits per heavy atom. The Balaban J connectivity index is 2.59. The Morgan fingerprint density at radius 1 is 1.38 bits per heavy atom. The molecule has 86 valence electrons. The van der Waals surface area contributed by atoms with E-state index < -0.39 is 0 Å². The van der Waals surface area contributed by atoms with Crippen molar-refractivity contribution in [3.63, 3.8) is 0 Å². The molecular weight excluding hydrogens is 200 g/mol. The van der Waals surface area contributed by atoms with E-state index in [-0.39, 0.29) is 11.9 Å². The third-order valence-corrected chi connectivity index (χ3v) is 3.06. The number of amides is 1. The van der Waals surface area contributed by atoms with E-state index in [9.17, 15) is 4.79 Å². The summed E-state index contributed by atoms with van der Waals surface area (Å²) in [6, 6.07) is 4.08. The summed E-state index contributed by atoms with van der Waals surface area (Å²) in [6.45, 7) is 8.78. The van der Waals surface area contributed by atoms with Crippen molar-refractivity contribution in [2.24, 2.45) is 0 Å². The summed E-state index contributed by atoms with van der Waals surface area (Å²) in [7, 11) is 0. The van der Waals surface area contributed by atoms with Crippen molar-refractivity contribution in [1.82, 2.24) is 0 Å². The van der Waals surface area contributed by atoms with Crippen LogP contribution in [0.4, 0.5) is 11.4 Å². The summed E-state index contributed by atoms with van der Waals surface area (Å²) < 4.78 is 0. The van der Waals surface area contributed by atoms with Crippen molar-refractivity contribution >= 4 is 17.3 Å². The van der Waals surface area contributed by atoms with E-state index in [4.69, 9.17) is 0 Å². The fourth-order valence-electron chi connectivity index (χ4n) is 2.30. The SMILES string of the molecule is CCN1C(=O)C(C)Nc2c(C)cc(C)cc21. The van der Waals surface area contributed by atoms with Gasteiger partial charge >= 0.3 is 0 Å². The van der Waals surface area contributed by atoms with Crippen LogP contribution in [0.2, 0.25) is 0 Å². The highest BCUT2D eigenvalue weighted by molar-refractivity contribution is 6.05. The van der Waals surface area contributed by atoms with Gasteiger partial charge in [0.2, 0.25) is 5.91 Å². The molecule has 2 rings (SSSR count). The largest absolute Gasteiger partial charge is 0.372 e. The average Bonchev–Trinajstić information content (AvgIpc) is 2.22. The standard InChI is InChI=1S/C13H18N2O/c1-5-15-11-7-8(2)6-9(3)12(11)14-10(4)13(15)16/h6-7,10,14H,5H2,1-4H3. The summed E-state index contributed by atoms with van der Waals surface area (Å²) in [4.78, 5) is 13.9. The van der Waals surface area contributed by atoms with Gasteiger partial charge in [0.05, 0.1) is 11.4 Å². The highest BCUT2D eigenvalue weighted by Gasteiger charge is 2.29. The lowest BCUT2D eigenvalue weighted by molar-refractivity contribution is -0.119. The molecule has 0 aliphatic carbocycles. The molecule has 16 heavy (non-hydrogen) atoms. The van der Waals surface area contributed by atoms with Crippen LogP contribution in [0.1, 0.15) is 25.0 Å². The molecule has 1 heterocycles. The van der Waals surface area contributed by atoms with E-state index in [1.54, 1.807) is 0 Å². The number of hydrogen-bond acceptors (Lipinski definition) is 2. The number of nitrogens with zero attached hydrogens (tertiary/aromatic N) is 1. The smallest absolute Gasteiger partial charge is 0.249 e. The zero-order chi connectivity index (χ0) is 11.9. The molecule has 3 heteroatoms. The number of anilines is 2. The minimum absolute atomic E-state index is 0.131. The molecule has 0 saturated heterocycles. The van der Waals surface area contributed by atoms with Crippen LogP contribution in [0.15, 0.2) is 12.1 Å². The molecule has 1 aliphatic rings. The van der Waals surface area contributed by atoms with Gasteiger partial charge in [-0.05, 0) is 44.9 Å². The molecule has 0 spiro atoms. The Labute approximate surface area is 96.5 Å². The van der Waals surface area contributed by atoms with Crippen LogP contribution < -0.4 is 10.2 Å². The molecule has 1 unspecified atom stereocenters. The normalized spacial score (nSPS) is 19.4. The summed E-state index contributed by atoms with van der Waals surface area (Å²) >= 11 is 0. The Bertz CT molecular complexity index is 440. The summed E-state index contributed by atoms with van der Waals surface area (Å²) in [5, 5.41) is 3.28. The van der Waals surface area contributed by atoms with E-state index in [2.05, 4.69) is 31.3 Å². The average molecular weight is 218 g/mol. The maximum atomic E-state index is 12.0. The van der Waals surface area contributed by atoms with Gasteiger partial charge in [-0.1, -0.05) is 6.07 Å². The number of aryl methyl sites for hydroxylation is 2. The van der Waals surface area contributed by atoms with Crippen LogP contribution >= 0.6 is 0 Å². The van der Waals surface area contributed by atoms with Crippen LogP contribution in [0, 0.1) is 13.8 Å². The molecule has 1 N–H and O–H groups in total. The van der Waals surface area contributed by atoms with Gasteiger partial charge < -0.3 is 10.2 Å². The topological polar surface area (TPSA) is 32.3 Å². The number of carbonyl (C=O) groups excluding carboxylic acids is 1. The Kier molecular flexibility index (Phi) is 2.62. The fraction of sp³-hybridized carbons (Fsp3) is 0.462. The molecule has 1 amide bonds. The molecule has 0 bridgehead atoms. The Morgan fingerprint density at radius 2 is 2.06 bits per heavy atom. The molecule has 1 aliphatic heterocycles. The van der Waals surface area contributed by atoms with E-state index in [0.717, 1.165) is 17.9 Å². The number of likely N-dealkylation sites (N-methyl/N-ethyl adjacent to an activating group) is 1. The maximum absolute atomic E-state index is 12.0. The van der Waals surface area contributed by atoms with Crippen molar-refractivity contribution in [3.05, 3.63) is 23.3 Å². The lowest BCUT2D eigenvalue weighted by Crippen LogP contribution is -2.45. The zero-order valence-electron chi connectivity index (χ0n) is 10.3. The molecule has 3 nitrogen and oxygen atoms in total. The lowest BCUT2D eigenvalue weighted by Gasteiger charge is -2.34. The second-order valence-corrected chi connectivity index (χ2v) is 4.42. The first kappa shape index (κ1) is 11.0. The van der Waals surface area contributed by atoms with Gasteiger partial charge in [-0.2, -0.15) is 0 Å². The van der Waals surface area contributed by atoms with Gasteiger partial charge in [0.15, 0.2) is 0 Å². The van der Waals surface area contributed by atoms with E-state index in [1.165, 1.54) is 11.1 Å². The summed E-state index contributed by atoms with van der Waals surface area (Å²) in [5.74, 6) is 0.153. The maximum Gasteiger partial charge on any atom is 0.249 e. The number of carbonyl (C=O) groups is 1. The summed E-state index contributed by atoms with van der Waals surface area (Å²) in [5.41, 5.74) is 4.51. The van der Waals surface area contributed by atoms with E-state index >= 15 is 0 Å². The first-order chi connectivity index (χ1) is 7.54. The molecule has 1 atom stereocenters. The third-order valence-electron chi connectivity index (χ3n) is 3.06.